The van der Waals surface area contributed by atoms with E-state index in [2.05, 4.69) is 0 Å². The Morgan fingerprint density at radius 1 is 0.705 bits per heavy atom. The fourth-order valence-electron chi connectivity index (χ4n) is 4.95. The van der Waals surface area contributed by atoms with Gasteiger partial charge in [0.05, 0.1) is 39.9 Å². The number of rotatable bonds is 13. The lowest BCUT2D eigenvalue weighted by Crippen LogP contribution is -2.53. The number of carbonyl (C=O) groups is 2. The molecule has 2 aromatic rings. The molecule has 15 heteroatoms. The van der Waals surface area contributed by atoms with Gasteiger partial charge in [0.2, 0.25) is 0 Å². The highest BCUT2D eigenvalue weighted by molar-refractivity contribution is 8.10. The lowest BCUT2D eigenvalue weighted by molar-refractivity contribution is -0.159. The first-order chi connectivity index (χ1) is 20.7. The maximum atomic E-state index is 13.4. The van der Waals surface area contributed by atoms with Crippen LogP contribution >= 0.6 is 0 Å². The number of nitrogens with zero attached hydrogens (tertiary/aromatic N) is 1. The Labute approximate surface area is 258 Å². The van der Waals surface area contributed by atoms with Gasteiger partial charge < -0.3 is 34.1 Å². The molecule has 1 aliphatic heterocycles. The minimum atomic E-state index is -3.87. The Morgan fingerprint density at radius 3 is 1.55 bits per heavy atom. The molecule has 0 bridgehead atoms. The maximum absolute atomic E-state index is 13.4. The van der Waals surface area contributed by atoms with Crippen LogP contribution in [-0.4, -0.2) is 108 Å². The smallest absolute Gasteiger partial charge is 0.414 e. The van der Waals surface area contributed by atoms with Gasteiger partial charge in [-0.2, -0.15) is 0 Å². The molecule has 246 valence electrons. The molecule has 0 aromatic heterocycles. The third kappa shape index (κ3) is 8.99. The summed E-state index contributed by atoms with van der Waals surface area (Å²) in [7, 11) is 0.364. The van der Waals surface area contributed by atoms with Gasteiger partial charge in [-0.05, 0) is 74.5 Å². The van der Waals surface area contributed by atoms with E-state index in [0.29, 0.717) is 42.5 Å². The predicted octanol–water partition coefficient (Wildman–Crippen LogP) is 2.30. The van der Waals surface area contributed by atoms with Crippen LogP contribution in [0.4, 0.5) is 0 Å². The Kier molecular flexibility index (Phi) is 13.3. The molecule has 1 fully saturated rings. The molecule has 3 rings (SSSR count). The zero-order chi connectivity index (χ0) is 33.1. The molecule has 0 atom stereocenters. The summed E-state index contributed by atoms with van der Waals surface area (Å²) in [6.07, 6.45) is 1.13. The Balaban J connectivity index is 0.00000102. The summed E-state index contributed by atoms with van der Waals surface area (Å²) in [6.45, 7) is 0.957. The van der Waals surface area contributed by atoms with Crippen molar-refractivity contribution >= 4 is 31.6 Å². The first-order valence-electron chi connectivity index (χ1n) is 13.7. The van der Waals surface area contributed by atoms with Crippen molar-refractivity contribution in [2.75, 3.05) is 60.1 Å². The zero-order valence-electron chi connectivity index (χ0n) is 25.6. The van der Waals surface area contributed by atoms with E-state index in [-0.39, 0.29) is 37.2 Å². The fourth-order valence-corrected chi connectivity index (χ4v) is 10.6. The van der Waals surface area contributed by atoms with Crippen molar-refractivity contribution in [1.29, 1.82) is 0 Å². The van der Waals surface area contributed by atoms with E-state index >= 15 is 0 Å². The fraction of sp³-hybridized carbons (Fsp3) is 0.517. The van der Waals surface area contributed by atoms with Crippen molar-refractivity contribution in [3.05, 3.63) is 47.5 Å². The second kappa shape index (κ2) is 16.0. The van der Waals surface area contributed by atoms with Gasteiger partial charge >= 0.3 is 11.9 Å². The van der Waals surface area contributed by atoms with Crippen LogP contribution in [0.5, 0.6) is 23.0 Å². The minimum absolute atomic E-state index is 0.00331. The molecular weight excluding hydrogens is 618 g/mol. The van der Waals surface area contributed by atoms with Gasteiger partial charge in [0.1, 0.15) is 0 Å². The number of hydrogen-bond acceptors (Lipinski definition) is 11. The van der Waals surface area contributed by atoms with Crippen LogP contribution in [0.15, 0.2) is 36.4 Å². The van der Waals surface area contributed by atoms with Gasteiger partial charge in [0.25, 0.3) is 0 Å². The Bertz CT molecular complexity index is 1460. The molecule has 0 aliphatic carbocycles. The first-order valence-corrected chi connectivity index (χ1v) is 17.0. The molecular formula is C29H41NO12S2. The second-order valence-corrected chi connectivity index (χ2v) is 15.3. The van der Waals surface area contributed by atoms with Crippen molar-refractivity contribution in [3.63, 3.8) is 0 Å². The number of aliphatic carboxylic acids is 2. The number of hydrogen-bond donors (Lipinski definition) is 2. The summed E-state index contributed by atoms with van der Waals surface area (Å²) in [4.78, 5) is 20.2. The van der Waals surface area contributed by atoms with E-state index in [0.717, 1.165) is 11.1 Å². The predicted molar refractivity (Wildman–Crippen MR) is 163 cm³/mol. The van der Waals surface area contributed by atoms with E-state index in [1.54, 1.807) is 26.4 Å². The van der Waals surface area contributed by atoms with E-state index in [1.807, 2.05) is 36.2 Å². The van der Waals surface area contributed by atoms with E-state index < -0.39 is 35.7 Å². The van der Waals surface area contributed by atoms with E-state index in [4.69, 9.17) is 38.7 Å². The van der Waals surface area contributed by atoms with Crippen molar-refractivity contribution in [2.24, 2.45) is 0 Å². The van der Waals surface area contributed by atoms with Crippen LogP contribution in [0.25, 0.3) is 0 Å². The third-order valence-electron chi connectivity index (χ3n) is 7.49. The SMILES string of the molecule is COc1ccc(CCN(C)CCC2(CCc3ccc(OC)c(OC)c3)S(=O)(=O)CCCS2(=O)=O)cc1OC.O=C(O)C(=O)O. The number of methoxy groups -OCH3 is 4. The number of ether oxygens (including phenoxy) is 4. The summed E-state index contributed by atoms with van der Waals surface area (Å²) in [5, 5.41) is 14.8. The number of benzene rings is 2. The van der Waals surface area contributed by atoms with Gasteiger partial charge in [-0.25, -0.2) is 26.4 Å². The van der Waals surface area contributed by atoms with Crippen LogP contribution in [0.3, 0.4) is 0 Å². The highest BCUT2D eigenvalue weighted by atomic mass is 32.3. The van der Waals surface area contributed by atoms with Crippen molar-refractivity contribution in [1.82, 2.24) is 4.90 Å². The molecule has 1 aliphatic rings. The standard InChI is InChI=1S/C27H39NO8S2.C2H2O4/c1-28(15-12-22-8-10-24(34-3)26(20-22)36-5)16-14-27(37(29,30)17-6-18-38(27,31)32)13-11-21-7-9-23(33-2)25(19-21)35-4;3-1(4)2(5)6/h7-10,19-20H,6,11-18H2,1-5H3;(H,3,4)(H,5,6). The molecule has 0 radical (unpaired) electrons. The van der Waals surface area contributed by atoms with Crippen molar-refractivity contribution in [3.8, 4) is 23.0 Å². The van der Waals surface area contributed by atoms with Crippen LogP contribution in [0.1, 0.15) is 30.4 Å². The summed E-state index contributed by atoms with van der Waals surface area (Å²) in [6, 6.07) is 11.0. The van der Waals surface area contributed by atoms with Gasteiger partial charge in [0, 0.05) is 13.1 Å². The Hall–Kier alpha value is -3.56. The highest BCUT2D eigenvalue weighted by Gasteiger charge is 2.55. The lowest BCUT2D eigenvalue weighted by atomic mass is 10.0. The summed E-state index contributed by atoms with van der Waals surface area (Å²) >= 11 is 0. The summed E-state index contributed by atoms with van der Waals surface area (Å²) in [5.74, 6) is -1.52. The average molecular weight is 660 g/mol. The van der Waals surface area contributed by atoms with E-state index in [1.165, 1.54) is 14.2 Å². The zero-order valence-corrected chi connectivity index (χ0v) is 27.2. The quantitative estimate of drug-likeness (QED) is 0.299. The van der Waals surface area contributed by atoms with Gasteiger partial charge in [-0.1, -0.05) is 12.1 Å². The molecule has 44 heavy (non-hydrogen) atoms. The van der Waals surface area contributed by atoms with Crippen LogP contribution in [0, 0.1) is 0 Å². The number of sulfone groups is 2. The third-order valence-corrected chi connectivity index (χ3v) is 13.7. The second-order valence-electron chi connectivity index (χ2n) is 10.2. The molecule has 2 aromatic carbocycles. The minimum Gasteiger partial charge on any atom is -0.493 e. The lowest BCUT2D eigenvalue weighted by Gasteiger charge is -2.37. The maximum Gasteiger partial charge on any atom is 0.414 e. The van der Waals surface area contributed by atoms with Crippen LogP contribution in [0.2, 0.25) is 0 Å². The summed E-state index contributed by atoms with van der Waals surface area (Å²) < 4.78 is 73.2. The molecule has 0 saturated carbocycles. The van der Waals surface area contributed by atoms with Gasteiger partial charge in [-0.15, -0.1) is 0 Å². The topological polar surface area (TPSA) is 183 Å². The molecule has 0 unspecified atom stereocenters. The molecule has 1 heterocycles. The van der Waals surface area contributed by atoms with Gasteiger partial charge in [0.15, 0.2) is 46.8 Å². The van der Waals surface area contributed by atoms with Crippen LogP contribution in [-0.2, 0) is 42.1 Å². The van der Waals surface area contributed by atoms with E-state index in [9.17, 15) is 16.8 Å². The van der Waals surface area contributed by atoms with Crippen molar-refractivity contribution in [2.45, 2.75) is 36.2 Å². The number of likely N-dealkylation sites (N-methyl/N-ethyl adjacent to an activating group) is 1. The van der Waals surface area contributed by atoms with Crippen molar-refractivity contribution < 1.29 is 55.6 Å². The number of carboxylic acid groups (broad SMARTS) is 2. The van der Waals surface area contributed by atoms with Gasteiger partial charge in [-0.3, -0.25) is 0 Å². The summed E-state index contributed by atoms with van der Waals surface area (Å²) in [5.41, 5.74) is 1.83. The normalized spacial score (nSPS) is 16.2. The Morgan fingerprint density at radius 2 is 1.14 bits per heavy atom. The molecule has 1 saturated heterocycles. The molecule has 13 nitrogen and oxygen atoms in total. The first kappa shape index (κ1) is 36.6. The molecule has 0 amide bonds. The highest BCUT2D eigenvalue weighted by Crippen LogP contribution is 2.40. The monoisotopic (exact) mass is 659 g/mol. The number of carboxylic acids is 2. The molecule has 2 N–H and O–H groups in total. The average Bonchev–Trinajstić information content (AvgIpc) is 2.98. The number of aryl methyl sites for hydroxylation is 1. The molecule has 0 spiro atoms. The largest absolute Gasteiger partial charge is 0.493 e. The van der Waals surface area contributed by atoms with Crippen LogP contribution < -0.4 is 18.9 Å².